The number of nitrogens with zero attached hydrogens (tertiary/aromatic N) is 3. The van der Waals surface area contributed by atoms with E-state index in [-0.39, 0.29) is 11.9 Å². The van der Waals surface area contributed by atoms with Crippen molar-refractivity contribution in [3.05, 3.63) is 27.8 Å². The van der Waals surface area contributed by atoms with Crippen molar-refractivity contribution in [3.8, 4) is 17.3 Å². The van der Waals surface area contributed by atoms with Gasteiger partial charge in [0.05, 0.1) is 0 Å². The second kappa shape index (κ2) is 6.80. The highest BCUT2D eigenvalue weighted by Gasteiger charge is 2.27. The molecule has 0 saturated carbocycles. The van der Waals surface area contributed by atoms with E-state index in [2.05, 4.69) is 27.9 Å². The molecule has 6 nitrogen and oxygen atoms in total. The predicted molar refractivity (Wildman–Crippen MR) is 94.6 cm³/mol. The van der Waals surface area contributed by atoms with E-state index < -0.39 is 0 Å². The van der Waals surface area contributed by atoms with Crippen LogP contribution in [0.15, 0.2) is 0 Å². The molecule has 0 saturated heterocycles. The molecule has 2 heterocycles. The van der Waals surface area contributed by atoms with Crippen LogP contribution in [0.25, 0.3) is 11.3 Å². The number of nitriles is 1. The van der Waals surface area contributed by atoms with Crippen LogP contribution in [0.5, 0.6) is 0 Å². The average molecular weight is 345 g/mol. The SMILES string of the molecule is CCCCc1nc(-c2c(C#N)c(N)nc3c2CC(N)CC3)c(Cl)[nH]1. The van der Waals surface area contributed by atoms with Gasteiger partial charge in [-0.25, -0.2) is 9.97 Å². The summed E-state index contributed by atoms with van der Waals surface area (Å²) in [6.45, 7) is 2.13. The van der Waals surface area contributed by atoms with Crippen LogP contribution >= 0.6 is 11.6 Å². The Balaban J connectivity index is 2.18. The summed E-state index contributed by atoms with van der Waals surface area (Å²) in [4.78, 5) is 12.2. The Labute approximate surface area is 146 Å². The molecule has 1 aliphatic carbocycles. The van der Waals surface area contributed by atoms with Crippen LogP contribution in [0.1, 0.15) is 48.8 Å². The first kappa shape index (κ1) is 16.7. The van der Waals surface area contributed by atoms with E-state index in [0.717, 1.165) is 49.2 Å². The molecular weight excluding hydrogens is 324 g/mol. The van der Waals surface area contributed by atoms with Crippen LogP contribution in [-0.2, 0) is 19.3 Å². The zero-order valence-corrected chi connectivity index (χ0v) is 14.5. The first-order valence-electron chi connectivity index (χ1n) is 8.26. The number of fused-ring (bicyclic) bond motifs is 1. The number of nitrogens with one attached hydrogen (secondary N) is 1. The molecule has 0 fully saturated rings. The molecule has 1 atom stereocenters. The molecule has 0 bridgehead atoms. The molecule has 1 aliphatic rings. The van der Waals surface area contributed by atoms with Gasteiger partial charge in [-0.15, -0.1) is 0 Å². The number of hydrogen-bond acceptors (Lipinski definition) is 5. The van der Waals surface area contributed by atoms with Crippen molar-refractivity contribution in [2.24, 2.45) is 5.73 Å². The zero-order valence-electron chi connectivity index (χ0n) is 13.7. The van der Waals surface area contributed by atoms with Crippen molar-refractivity contribution in [3.63, 3.8) is 0 Å². The van der Waals surface area contributed by atoms with Crippen LogP contribution < -0.4 is 11.5 Å². The fourth-order valence-corrected chi connectivity index (χ4v) is 3.45. The van der Waals surface area contributed by atoms with Gasteiger partial charge in [0.25, 0.3) is 0 Å². The number of aromatic amines is 1. The molecule has 3 rings (SSSR count). The van der Waals surface area contributed by atoms with Gasteiger partial charge in [-0.1, -0.05) is 24.9 Å². The van der Waals surface area contributed by atoms with E-state index in [1.165, 1.54) is 0 Å². The van der Waals surface area contributed by atoms with Gasteiger partial charge in [0.1, 0.15) is 34.1 Å². The Morgan fingerprint density at radius 2 is 2.21 bits per heavy atom. The minimum atomic E-state index is 0.0468. The molecule has 24 heavy (non-hydrogen) atoms. The maximum atomic E-state index is 9.58. The smallest absolute Gasteiger partial charge is 0.142 e. The molecule has 0 spiro atoms. The second-order valence-corrected chi connectivity index (χ2v) is 6.61. The van der Waals surface area contributed by atoms with Crippen molar-refractivity contribution >= 4 is 17.4 Å². The number of halogens is 1. The first-order valence-corrected chi connectivity index (χ1v) is 8.64. The van der Waals surface area contributed by atoms with Gasteiger partial charge in [-0.05, 0) is 31.2 Å². The highest BCUT2D eigenvalue weighted by Crippen LogP contribution is 2.37. The van der Waals surface area contributed by atoms with Crippen molar-refractivity contribution in [1.29, 1.82) is 5.26 Å². The topological polar surface area (TPSA) is 117 Å². The van der Waals surface area contributed by atoms with Crippen molar-refractivity contribution < 1.29 is 0 Å². The lowest BCUT2D eigenvalue weighted by Gasteiger charge is -2.24. The van der Waals surface area contributed by atoms with Crippen molar-refractivity contribution in [2.75, 3.05) is 5.73 Å². The normalized spacial score (nSPS) is 16.7. The first-order chi connectivity index (χ1) is 11.5. The monoisotopic (exact) mass is 344 g/mol. The molecule has 0 aliphatic heterocycles. The van der Waals surface area contributed by atoms with E-state index in [4.69, 9.17) is 23.1 Å². The summed E-state index contributed by atoms with van der Waals surface area (Å²) in [7, 11) is 0. The Morgan fingerprint density at radius 1 is 1.42 bits per heavy atom. The number of imidazole rings is 1. The summed E-state index contributed by atoms with van der Waals surface area (Å²) < 4.78 is 0. The molecule has 0 radical (unpaired) electrons. The van der Waals surface area contributed by atoms with Crippen LogP contribution in [0.3, 0.4) is 0 Å². The number of rotatable bonds is 4. The summed E-state index contributed by atoms with van der Waals surface area (Å²) in [6, 6.07) is 2.21. The van der Waals surface area contributed by atoms with E-state index in [0.29, 0.717) is 28.4 Å². The summed E-state index contributed by atoms with van der Waals surface area (Å²) in [6.07, 6.45) is 5.19. The highest BCUT2D eigenvalue weighted by atomic mass is 35.5. The average Bonchev–Trinajstić information content (AvgIpc) is 2.92. The van der Waals surface area contributed by atoms with E-state index in [1.807, 2.05) is 0 Å². The van der Waals surface area contributed by atoms with Crippen molar-refractivity contribution in [1.82, 2.24) is 15.0 Å². The quantitative estimate of drug-likeness (QED) is 0.788. The van der Waals surface area contributed by atoms with Gasteiger partial charge >= 0.3 is 0 Å². The number of hydrogen-bond donors (Lipinski definition) is 3. The summed E-state index contributed by atoms with van der Waals surface area (Å²) in [5, 5.41) is 10.0. The molecule has 2 aromatic rings. The van der Waals surface area contributed by atoms with Gasteiger partial charge < -0.3 is 16.5 Å². The molecule has 0 aromatic carbocycles. The summed E-state index contributed by atoms with van der Waals surface area (Å²) >= 11 is 6.40. The van der Waals surface area contributed by atoms with Gasteiger partial charge in [-0.3, -0.25) is 0 Å². The Kier molecular flexibility index (Phi) is 4.74. The number of pyridine rings is 1. The maximum absolute atomic E-state index is 9.58. The minimum Gasteiger partial charge on any atom is -0.383 e. The third kappa shape index (κ3) is 2.97. The number of anilines is 1. The third-order valence-electron chi connectivity index (χ3n) is 4.45. The highest BCUT2D eigenvalue weighted by molar-refractivity contribution is 6.32. The molecule has 126 valence electrons. The van der Waals surface area contributed by atoms with Gasteiger partial charge in [-0.2, -0.15) is 5.26 Å². The zero-order chi connectivity index (χ0) is 17.3. The molecular formula is C17H21ClN6. The number of nitrogen functional groups attached to an aromatic ring is 1. The number of aryl methyl sites for hydroxylation is 2. The molecule has 1 unspecified atom stereocenters. The minimum absolute atomic E-state index is 0.0468. The number of nitrogens with two attached hydrogens (primary N) is 2. The lowest BCUT2D eigenvalue weighted by Crippen LogP contribution is -2.29. The van der Waals surface area contributed by atoms with Crippen LogP contribution in [0.4, 0.5) is 5.82 Å². The van der Waals surface area contributed by atoms with E-state index in [9.17, 15) is 5.26 Å². The number of H-pyrrole nitrogens is 1. The second-order valence-electron chi connectivity index (χ2n) is 6.24. The molecule has 2 aromatic heterocycles. The fraction of sp³-hybridized carbons (Fsp3) is 0.471. The number of aromatic nitrogens is 3. The van der Waals surface area contributed by atoms with Crippen molar-refractivity contribution in [2.45, 2.75) is 51.5 Å². The van der Waals surface area contributed by atoms with Gasteiger partial charge in [0.2, 0.25) is 0 Å². The Morgan fingerprint density at radius 3 is 2.92 bits per heavy atom. The Hall–Kier alpha value is -2.10. The fourth-order valence-electron chi connectivity index (χ4n) is 3.21. The lowest BCUT2D eigenvalue weighted by atomic mass is 9.86. The molecule has 5 N–H and O–H groups in total. The van der Waals surface area contributed by atoms with Gasteiger partial charge in [0, 0.05) is 23.7 Å². The van der Waals surface area contributed by atoms with E-state index >= 15 is 0 Å². The number of unbranched alkanes of at least 4 members (excludes halogenated alkanes) is 1. The largest absolute Gasteiger partial charge is 0.383 e. The molecule has 0 amide bonds. The van der Waals surface area contributed by atoms with Gasteiger partial charge in [0.15, 0.2) is 0 Å². The maximum Gasteiger partial charge on any atom is 0.142 e. The molecule has 7 heteroatoms. The standard InChI is InChI=1S/C17H21ClN6/c1-2-3-4-13-23-15(16(18)24-13)14-10-7-9(20)5-6-12(10)22-17(21)11(14)8-19/h9H,2-7,20H2,1H3,(H2,21,22)(H,23,24). The predicted octanol–water partition coefficient (Wildman–Crippen LogP) is 2.74. The lowest BCUT2D eigenvalue weighted by molar-refractivity contribution is 0.568. The third-order valence-corrected chi connectivity index (χ3v) is 4.73. The Bertz CT molecular complexity index is 804. The van der Waals surface area contributed by atoms with Crippen LogP contribution in [0, 0.1) is 11.3 Å². The summed E-state index contributed by atoms with van der Waals surface area (Å²) in [5.41, 5.74) is 15.6. The van der Waals surface area contributed by atoms with Crippen LogP contribution in [0.2, 0.25) is 5.15 Å². The van der Waals surface area contributed by atoms with Crippen LogP contribution in [-0.4, -0.2) is 21.0 Å². The van der Waals surface area contributed by atoms with E-state index in [1.54, 1.807) is 0 Å². The summed E-state index contributed by atoms with van der Waals surface area (Å²) in [5.74, 6) is 1.06.